The zero-order valence-electron chi connectivity index (χ0n) is 16.5. The Bertz CT molecular complexity index is 883. The van der Waals surface area contributed by atoms with Gasteiger partial charge in [0.1, 0.15) is 15.7 Å². The third kappa shape index (κ3) is 4.49. The first kappa shape index (κ1) is 20.3. The molecule has 2 N–H and O–H groups in total. The smallest absolute Gasteiger partial charge is 0.350 e. The Kier molecular flexibility index (Phi) is 6.28. The lowest BCUT2D eigenvalue weighted by molar-refractivity contribution is 0.0531. The van der Waals surface area contributed by atoms with Gasteiger partial charge in [0, 0.05) is 19.0 Å². The van der Waals surface area contributed by atoms with E-state index in [1.54, 1.807) is 27.0 Å². The van der Waals surface area contributed by atoms with Gasteiger partial charge in [-0.15, -0.1) is 11.3 Å². The Labute approximate surface area is 168 Å². The first-order valence-corrected chi connectivity index (χ1v) is 10.1. The molecule has 1 heterocycles. The number of rotatable bonds is 6. The number of aliphatic imine (C=N–C) groups is 1. The summed E-state index contributed by atoms with van der Waals surface area (Å²) in [5.41, 5.74) is 1.40. The summed E-state index contributed by atoms with van der Waals surface area (Å²) in [6, 6.07) is 6.88. The van der Waals surface area contributed by atoms with Crippen molar-refractivity contribution in [1.29, 1.82) is 0 Å². The van der Waals surface area contributed by atoms with Crippen LogP contribution in [-0.2, 0) is 4.74 Å². The van der Waals surface area contributed by atoms with Crippen molar-refractivity contribution in [3.63, 3.8) is 0 Å². The van der Waals surface area contributed by atoms with Gasteiger partial charge in [0.2, 0.25) is 0 Å². The number of guanidine groups is 1. The van der Waals surface area contributed by atoms with Crippen LogP contribution in [0, 0.1) is 12.7 Å². The fourth-order valence-corrected chi connectivity index (χ4v) is 4.04. The molecule has 150 valence electrons. The number of nitrogens with zero attached hydrogens (tertiary/aromatic N) is 2. The first-order valence-electron chi connectivity index (χ1n) is 9.33. The molecule has 0 saturated heterocycles. The molecule has 2 aromatic rings. The molecule has 1 aromatic carbocycles. The number of nitrogens with one attached hydrogen (secondary N) is 2. The third-order valence-corrected chi connectivity index (χ3v) is 5.96. The van der Waals surface area contributed by atoms with E-state index < -0.39 is 0 Å². The summed E-state index contributed by atoms with van der Waals surface area (Å²) in [7, 11) is 1.69. The summed E-state index contributed by atoms with van der Waals surface area (Å²) < 4.78 is 19.0. The van der Waals surface area contributed by atoms with Crippen molar-refractivity contribution in [3.05, 3.63) is 51.2 Å². The Morgan fingerprint density at radius 1 is 1.46 bits per heavy atom. The number of halogens is 1. The number of thiazole rings is 1. The fraction of sp³-hybridized carbons (Fsp3) is 0.450. The van der Waals surface area contributed by atoms with Crippen LogP contribution in [0.3, 0.4) is 0 Å². The molecule has 0 spiro atoms. The van der Waals surface area contributed by atoms with Gasteiger partial charge in [0.05, 0.1) is 18.3 Å². The van der Waals surface area contributed by atoms with Crippen molar-refractivity contribution >= 4 is 23.3 Å². The number of aromatic nitrogens is 1. The maximum Gasteiger partial charge on any atom is 0.350 e. The number of benzene rings is 1. The topological polar surface area (TPSA) is 75.6 Å². The minimum Gasteiger partial charge on any atom is -0.462 e. The van der Waals surface area contributed by atoms with Gasteiger partial charge in [-0.05, 0) is 38.8 Å². The summed E-state index contributed by atoms with van der Waals surface area (Å²) in [6.07, 6.45) is 0.860. The summed E-state index contributed by atoms with van der Waals surface area (Å²) >= 11 is 1.32. The first-order chi connectivity index (χ1) is 13.4. The summed E-state index contributed by atoms with van der Waals surface area (Å²) in [6.45, 7) is 5.87. The van der Waals surface area contributed by atoms with Gasteiger partial charge in [-0.3, -0.25) is 4.99 Å². The van der Waals surface area contributed by atoms with E-state index in [0.717, 1.165) is 17.0 Å². The molecule has 1 saturated carbocycles. The van der Waals surface area contributed by atoms with Crippen molar-refractivity contribution in [2.24, 2.45) is 4.99 Å². The molecule has 0 radical (unpaired) electrons. The molecule has 1 aliphatic carbocycles. The molecule has 0 amide bonds. The summed E-state index contributed by atoms with van der Waals surface area (Å²) in [5, 5.41) is 7.41. The number of aryl methyl sites for hydroxylation is 1. The zero-order chi connectivity index (χ0) is 20.3. The Hall–Kier alpha value is -2.48. The number of hydrogen-bond donors (Lipinski definition) is 2. The SMILES string of the molecule is CCOC(=O)c1sc(C(C)NC(=NC)NC2CC2c2ccccc2F)nc1C. The van der Waals surface area contributed by atoms with Gasteiger partial charge in [-0.25, -0.2) is 14.2 Å². The number of carbonyl (C=O) groups is 1. The van der Waals surface area contributed by atoms with Crippen LogP contribution >= 0.6 is 11.3 Å². The molecule has 3 atom stereocenters. The van der Waals surface area contributed by atoms with Gasteiger partial charge in [0.25, 0.3) is 0 Å². The number of ether oxygens (including phenoxy) is 1. The van der Waals surface area contributed by atoms with E-state index in [1.807, 2.05) is 19.1 Å². The van der Waals surface area contributed by atoms with Gasteiger partial charge in [-0.2, -0.15) is 0 Å². The Morgan fingerprint density at radius 2 is 2.21 bits per heavy atom. The summed E-state index contributed by atoms with van der Waals surface area (Å²) in [5.74, 6) is 0.261. The number of hydrogen-bond acceptors (Lipinski definition) is 5. The van der Waals surface area contributed by atoms with Crippen LogP contribution in [0.15, 0.2) is 29.3 Å². The number of carbonyl (C=O) groups excluding carboxylic acids is 1. The quantitative estimate of drug-likeness (QED) is 0.438. The second-order valence-electron chi connectivity index (χ2n) is 6.74. The van der Waals surface area contributed by atoms with E-state index in [1.165, 1.54) is 17.4 Å². The predicted octanol–water partition coefficient (Wildman–Crippen LogP) is 3.55. The van der Waals surface area contributed by atoms with E-state index in [2.05, 4.69) is 20.6 Å². The lowest BCUT2D eigenvalue weighted by Crippen LogP contribution is -2.40. The average molecular weight is 405 g/mol. The Morgan fingerprint density at radius 3 is 2.89 bits per heavy atom. The molecule has 8 heteroatoms. The van der Waals surface area contributed by atoms with Crippen LogP contribution in [0.5, 0.6) is 0 Å². The molecule has 1 aromatic heterocycles. The molecule has 3 unspecified atom stereocenters. The molecular formula is C20H25FN4O2S. The molecule has 3 rings (SSSR count). The molecule has 6 nitrogen and oxygen atoms in total. The monoisotopic (exact) mass is 404 g/mol. The van der Waals surface area contributed by atoms with Gasteiger partial charge in [-0.1, -0.05) is 18.2 Å². The van der Waals surface area contributed by atoms with Gasteiger partial charge < -0.3 is 15.4 Å². The van der Waals surface area contributed by atoms with E-state index in [9.17, 15) is 9.18 Å². The lowest BCUT2D eigenvalue weighted by atomic mass is 10.1. The van der Waals surface area contributed by atoms with Crippen molar-refractivity contribution in [2.45, 2.75) is 45.2 Å². The third-order valence-electron chi connectivity index (χ3n) is 4.64. The highest BCUT2D eigenvalue weighted by molar-refractivity contribution is 7.13. The molecule has 0 aliphatic heterocycles. The summed E-state index contributed by atoms with van der Waals surface area (Å²) in [4.78, 5) is 21.3. The molecule has 28 heavy (non-hydrogen) atoms. The molecule has 1 fully saturated rings. The fourth-order valence-electron chi connectivity index (χ4n) is 3.08. The Balaban J connectivity index is 1.61. The number of esters is 1. The van der Waals surface area contributed by atoms with Crippen molar-refractivity contribution in [1.82, 2.24) is 15.6 Å². The minimum atomic E-state index is -0.343. The van der Waals surface area contributed by atoms with E-state index in [-0.39, 0.29) is 29.8 Å². The normalized spacial score (nSPS) is 19.8. The van der Waals surface area contributed by atoms with Crippen molar-refractivity contribution in [3.8, 4) is 0 Å². The van der Waals surface area contributed by atoms with Crippen LogP contribution in [0.2, 0.25) is 0 Å². The van der Waals surface area contributed by atoms with E-state index in [0.29, 0.717) is 23.1 Å². The van der Waals surface area contributed by atoms with Crippen LogP contribution in [0.25, 0.3) is 0 Å². The average Bonchev–Trinajstić information content (AvgIpc) is 3.31. The maximum absolute atomic E-state index is 13.9. The lowest BCUT2D eigenvalue weighted by Gasteiger charge is -2.16. The largest absolute Gasteiger partial charge is 0.462 e. The zero-order valence-corrected chi connectivity index (χ0v) is 17.3. The minimum absolute atomic E-state index is 0.135. The molecule has 0 bridgehead atoms. The maximum atomic E-state index is 13.9. The highest BCUT2D eigenvalue weighted by Crippen LogP contribution is 2.41. The highest BCUT2D eigenvalue weighted by atomic mass is 32.1. The van der Waals surface area contributed by atoms with E-state index in [4.69, 9.17) is 4.74 Å². The van der Waals surface area contributed by atoms with Crippen LogP contribution < -0.4 is 10.6 Å². The van der Waals surface area contributed by atoms with Crippen LogP contribution in [0.1, 0.15) is 58.2 Å². The van der Waals surface area contributed by atoms with Crippen LogP contribution in [-0.4, -0.2) is 36.6 Å². The standard InChI is InChI=1S/C20H25FN4O2S/c1-5-27-19(26)17-11(2)23-18(28-17)12(3)24-20(22-4)25-16-10-14(16)13-8-6-7-9-15(13)21/h6-9,12,14,16H,5,10H2,1-4H3,(H2,22,24,25). The van der Waals surface area contributed by atoms with Crippen molar-refractivity contribution in [2.75, 3.05) is 13.7 Å². The molecule has 1 aliphatic rings. The highest BCUT2D eigenvalue weighted by Gasteiger charge is 2.40. The molecular weight excluding hydrogens is 379 g/mol. The van der Waals surface area contributed by atoms with E-state index >= 15 is 0 Å². The van der Waals surface area contributed by atoms with Gasteiger partial charge in [0.15, 0.2) is 5.96 Å². The second-order valence-corrected chi connectivity index (χ2v) is 7.77. The second kappa shape index (κ2) is 8.68. The van der Waals surface area contributed by atoms with Gasteiger partial charge >= 0.3 is 5.97 Å². The van der Waals surface area contributed by atoms with Crippen LogP contribution in [0.4, 0.5) is 4.39 Å². The van der Waals surface area contributed by atoms with Crippen molar-refractivity contribution < 1.29 is 13.9 Å². The predicted molar refractivity (Wildman–Crippen MR) is 108 cm³/mol.